The van der Waals surface area contributed by atoms with E-state index in [0.717, 1.165) is 48.3 Å². The van der Waals surface area contributed by atoms with Crippen molar-refractivity contribution in [3.63, 3.8) is 0 Å². The predicted molar refractivity (Wildman–Crippen MR) is 140 cm³/mol. The van der Waals surface area contributed by atoms with Gasteiger partial charge in [0.2, 0.25) is 0 Å². The lowest BCUT2D eigenvalue weighted by atomic mass is 9.77. The highest BCUT2D eigenvalue weighted by molar-refractivity contribution is 5.54. The molecular formula is C29H44O6. The molecule has 6 nitrogen and oxygen atoms in total. The minimum atomic E-state index is -0.597. The Kier molecular flexibility index (Phi) is 11.7. The van der Waals surface area contributed by atoms with E-state index in [4.69, 9.17) is 18.9 Å². The van der Waals surface area contributed by atoms with Crippen LogP contribution in [0, 0.1) is 0 Å². The van der Waals surface area contributed by atoms with E-state index in [9.17, 15) is 10.2 Å². The van der Waals surface area contributed by atoms with E-state index in [2.05, 4.69) is 27.7 Å². The van der Waals surface area contributed by atoms with E-state index >= 15 is 0 Å². The van der Waals surface area contributed by atoms with Gasteiger partial charge in [-0.05, 0) is 38.8 Å². The van der Waals surface area contributed by atoms with Crippen molar-refractivity contribution >= 4 is 0 Å². The van der Waals surface area contributed by atoms with Crippen LogP contribution in [0.3, 0.4) is 0 Å². The molecule has 0 bridgehead atoms. The Balaban J connectivity index is 2.46. The summed E-state index contributed by atoms with van der Waals surface area (Å²) >= 11 is 0. The number of hydrogen-bond acceptors (Lipinski definition) is 6. The third kappa shape index (κ3) is 8.93. The number of rotatable bonds is 16. The molecule has 6 heteroatoms. The Morgan fingerprint density at radius 3 is 1.43 bits per heavy atom. The number of aliphatic hydroxyl groups excluding tert-OH is 2. The van der Waals surface area contributed by atoms with Crippen LogP contribution in [0.4, 0.5) is 0 Å². The summed E-state index contributed by atoms with van der Waals surface area (Å²) in [6.45, 7) is 13.5. The monoisotopic (exact) mass is 488 g/mol. The van der Waals surface area contributed by atoms with Gasteiger partial charge in [0.25, 0.3) is 0 Å². The zero-order valence-corrected chi connectivity index (χ0v) is 22.3. The van der Waals surface area contributed by atoms with Crippen LogP contribution in [0.2, 0.25) is 0 Å². The summed E-state index contributed by atoms with van der Waals surface area (Å²) in [5.41, 5.74) is 1.39. The molecule has 0 aliphatic heterocycles. The molecule has 0 heterocycles. The lowest BCUT2D eigenvalue weighted by Crippen LogP contribution is -2.24. The fraction of sp³-hybridized carbons (Fsp3) is 0.586. The average molecular weight is 489 g/mol. The van der Waals surface area contributed by atoms with Crippen molar-refractivity contribution in [2.45, 2.75) is 84.8 Å². The highest BCUT2D eigenvalue weighted by Crippen LogP contribution is 2.43. The molecule has 0 saturated carbocycles. The molecule has 2 aromatic rings. The summed E-state index contributed by atoms with van der Waals surface area (Å²) in [6, 6.07) is 11.7. The van der Waals surface area contributed by atoms with Gasteiger partial charge in [-0.15, -0.1) is 0 Å². The van der Waals surface area contributed by atoms with E-state index in [1.165, 1.54) is 0 Å². The third-order valence-electron chi connectivity index (χ3n) is 5.75. The summed E-state index contributed by atoms with van der Waals surface area (Å²) in [7, 11) is 0. The van der Waals surface area contributed by atoms with Crippen molar-refractivity contribution in [1.82, 2.24) is 0 Å². The molecule has 35 heavy (non-hydrogen) atoms. The van der Waals surface area contributed by atoms with E-state index in [-0.39, 0.29) is 13.2 Å². The molecule has 0 spiro atoms. The first kappa shape index (κ1) is 28.8. The first-order valence-corrected chi connectivity index (χ1v) is 12.8. The maximum Gasteiger partial charge on any atom is 0.127 e. The van der Waals surface area contributed by atoms with Crippen molar-refractivity contribution in [2.24, 2.45) is 0 Å². The predicted octanol–water partition coefficient (Wildman–Crippen LogP) is 5.89. The van der Waals surface area contributed by atoms with Crippen molar-refractivity contribution in [3.8, 4) is 23.0 Å². The Hall–Kier alpha value is -2.44. The van der Waals surface area contributed by atoms with Crippen LogP contribution in [-0.4, -0.2) is 48.8 Å². The van der Waals surface area contributed by atoms with Gasteiger partial charge < -0.3 is 29.2 Å². The van der Waals surface area contributed by atoms with Crippen LogP contribution in [0.15, 0.2) is 36.4 Å². The number of aliphatic hydroxyl groups is 2. The molecule has 0 saturated heterocycles. The largest absolute Gasteiger partial charge is 0.493 e. The van der Waals surface area contributed by atoms with E-state index in [1.807, 2.05) is 36.4 Å². The normalized spacial score (nSPS) is 13.3. The zero-order chi connectivity index (χ0) is 25.8. The Bertz CT molecular complexity index is 819. The molecule has 2 rings (SSSR count). The molecule has 0 amide bonds. The zero-order valence-electron chi connectivity index (χ0n) is 22.3. The first-order valence-electron chi connectivity index (χ1n) is 12.8. The summed E-state index contributed by atoms with van der Waals surface area (Å²) < 4.78 is 23.9. The molecular weight excluding hydrogens is 444 g/mol. The highest BCUT2D eigenvalue weighted by Gasteiger charge is 2.31. The summed E-state index contributed by atoms with van der Waals surface area (Å²) in [5, 5.41) is 19.7. The number of benzene rings is 2. The van der Waals surface area contributed by atoms with Gasteiger partial charge in [-0.25, -0.2) is 0 Å². The Morgan fingerprint density at radius 1 is 0.686 bits per heavy atom. The SMILES string of the molecule is CCCCOc1ccc(C(C)(C)c2ccc(OCCCC)cc2OCC(C)O)c(OCC(C)O)c1. The molecule has 2 N–H and O–H groups in total. The summed E-state index contributed by atoms with van der Waals surface area (Å²) in [5.74, 6) is 2.80. The molecule has 0 aliphatic rings. The fourth-order valence-corrected chi connectivity index (χ4v) is 3.69. The number of unbranched alkanes of at least 4 members (excludes halogenated alkanes) is 2. The van der Waals surface area contributed by atoms with Gasteiger partial charge in [0.05, 0.1) is 25.4 Å². The second-order valence-corrected chi connectivity index (χ2v) is 9.67. The third-order valence-corrected chi connectivity index (χ3v) is 5.75. The van der Waals surface area contributed by atoms with Crippen LogP contribution >= 0.6 is 0 Å². The molecule has 0 aliphatic carbocycles. The first-order chi connectivity index (χ1) is 16.7. The van der Waals surface area contributed by atoms with Crippen molar-refractivity contribution in [2.75, 3.05) is 26.4 Å². The highest BCUT2D eigenvalue weighted by atomic mass is 16.5. The lowest BCUT2D eigenvalue weighted by Gasteiger charge is -2.31. The van der Waals surface area contributed by atoms with Gasteiger partial charge in [0, 0.05) is 28.7 Å². The molecule has 2 aromatic carbocycles. The minimum Gasteiger partial charge on any atom is -0.493 e. The topological polar surface area (TPSA) is 77.4 Å². The molecule has 2 atom stereocenters. The van der Waals surface area contributed by atoms with Gasteiger partial charge in [0.1, 0.15) is 36.2 Å². The second-order valence-electron chi connectivity index (χ2n) is 9.67. The quantitative estimate of drug-likeness (QED) is 0.287. The van der Waals surface area contributed by atoms with Crippen LogP contribution in [0.5, 0.6) is 23.0 Å². The van der Waals surface area contributed by atoms with Gasteiger partial charge in [-0.3, -0.25) is 0 Å². The summed E-state index contributed by atoms with van der Waals surface area (Å²) in [6.07, 6.45) is 2.88. The minimum absolute atomic E-state index is 0.178. The number of ether oxygens (including phenoxy) is 4. The van der Waals surface area contributed by atoms with Crippen LogP contribution < -0.4 is 18.9 Å². The molecule has 0 aromatic heterocycles. The lowest BCUT2D eigenvalue weighted by molar-refractivity contribution is 0.120. The standard InChI is InChI=1S/C29H44O6/c1-7-9-15-32-23-11-13-25(27(17-23)34-19-21(3)30)29(5,6)26-14-12-24(33-16-10-8-2)18-28(26)35-20-22(4)31/h11-14,17-18,21-22,30-31H,7-10,15-16,19-20H2,1-6H3. The molecule has 2 unspecified atom stereocenters. The molecule has 0 radical (unpaired) electrons. The number of hydrogen-bond donors (Lipinski definition) is 2. The molecule has 196 valence electrons. The Morgan fingerprint density at radius 2 is 1.09 bits per heavy atom. The fourth-order valence-electron chi connectivity index (χ4n) is 3.69. The van der Waals surface area contributed by atoms with Crippen LogP contribution in [-0.2, 0) is 5.41 Å². The molecule has 0 fully saturated rings. The Labute approximate surface area is 211 Å². The maximum atomic E-state index is 9.84. The van der Waals surface area contributed by atoms with Gasteiger partial charge in [-0.2, -0.15) is 0 Å². The van der Waals surface area contributed by atoms with Gasteiger partial charge >= 0.3 is 0 Å². The van der Waals surface area contributed by atoms with Crippen molar-refractivity contribution < 1.29 is 29.2 Å². The van der Waals surface area contributed by atoms with E-state index in [1.54, 1.807) is 13.8 Å². The summed E-state index contributed by atoms with van der Waals surface area (Å²) in [4.78, 5) is 0. The smallest absolute Gasteiger partial charge is 0.127 e. The van der Waals surface area contributed by atoms with E-state index < -0.39 is 17.6 Å². The van der Waals surface area contributed by atoms with Gasteiger partial charge in [0.15, 0.2) is 0 Å². The second kappa shape index (κ2) is 14.2. The van der Waals surface area contributed by atoms with Crippen LogP contribution in [0.25, 0.3) is 0 Å². The average Bonchev–Trinajstić information content (AvgIpc) is 2.81. The van der Waals surface area contributed by atoms with Gasteiger partial charge in [-0.1, -0.05) is 52.7 Å². The maximum absolute atomic E-state index is 9.84. The van der Waals surface area contributed by atoms with Crippen LogP contribution in [0.1, 0.15) is 78.4 Å². The van der Waals surface area contributed by atoms with Crippen molar-refractivity contribution in [1.29, 1.82) is 0 Å². The van der Waals surface area contributed by atoms with Crippen molar-refractivity contribution in [3.05, 3.63) is 47.5 Å². The van der Waals surface area contributed by atoms with E-state index in [0.29, 0.717) is 24.7 Å².